The van der Waals surface area contributed by atoms with Crippen LogP contribution in [0.15, 0.2) is 108 Å². The van der Waals surface area contributed by atoms with Crippen LogP contribution in [0.3, 0.4) is 0 Å². The van der Waals surface area contributed by atoms with Crippen LogP contribution in [0.1, 0.15) is 37.0 Å². The zero-order valence-electron chi connectivity index (χ0n) is 25.6. The molecule has 0 bridgehead atoms. The summed E-state index contributed by atoms with van der Waals surface area (Å²) in [6, 6.07) is 29.2. The van der Waals surface area contributed by atoms with Crippen molar-refractivity contribution in [3.63, 3.8) is 0 Å². The molecule has 0 saturated carbocycles. The number of likely N-dealkylation sites (N-methyl/N-ethyl adjacent to an activating group) is 1. The van der Waals surface area contributed by atoms with Gasteiger partial charge in [-0.25, -0.2) is 8.42 Å². The van der Waals surface area contributed by atoms with Gasteiger partial charge in [0, 0.05) is 13.1 Å². The predicted molar refractivity (Wildman–Crippen MR) is 173 cm³/mol. The SMILES string of the molecule is CCNC(=O)[C@H](CC)N(Cc1ccc(C)cc1)C(=O)CN(c1ccc(Oc2ccccc2)cc1)S(=O)(=O)c1ccc(C)cc1. The highest BCUT2D eigenvalue weighted by Gasteiger charge is 2.33. The first-order chi connectivity index (χ1) is 21.1. The number of carbonyl (C=O) groups is 2. The van der Waals surface area contributed by atoms with Crippen LogP contribution < -0.4 is 14.4 Å². The normalized spacial score (nSPS) is 11.8. The van der Waals surface area contributed by atoms with Gasteiger partial charge in [-0.2, -0.15) is 0 Å². The maximum absolute atomic E-state index is 14.2. The van der Waals surface area contributed by atoms with E-state index in [2.05, 4.69) is 5.32 Å². The lowest BCUT2D eigenvalue weighted by Gasteiger charge is -2.33. The fourth-order valence-electron chi connectivity index (χ4n) is 4.77. The van der Waals surface area contributed by atoms with Crippen molar-refractivity contribution in [2.24, 2.45) is 0 Å². The number of carbonyl (C=O) groups excluding carboxylic acids is 2. The van der Waals surface area contributed by atoms with Gasteiger partial charge in [0.05, 0.1) is 10.6 Å². The van der Waals surface area contributed by atoms with Crippen molar-refractivity contribution in [3.05, 3.63) is 120 Å². The lowest BCUT2D eigenvalue weighted by molar-refractivity contribution is -0.140. The fraction of sp³-hybridized carbons (Fsp3) is 0.257. The molecule has 44 heavy (non-hydrogen) atoms. The van der Waals surface area contributed by atoms with Gasteiger partial charge in [-0.1, -0.05) is 72.6 Å². The van der Waals surface area contributed by atoms with Gasteiger partial charge in [0.1, 0.15) is 24.1 Å². The monoisotopic (exact) mass is 613 g/mol. The predicted octanol–water partition coefficient (Wildman–Crippen LogP) is 6.23. The molecule has 0 spiro atoms. The molecule has 0 aliphatic rings. The third-order valence-electron chi connectivity index (χ3n) is 7.20. The third-order valence-corrected chi connectivity index (χ3v) is 8.99. The Labute approximate surface area is 260 Å². The van der Waals surface area contributed by atoms with E-state index in [4.69, 9.17) is 4.74 Å². The summed E-state index contributed by atoms with van der Waals surface area (Å²) in [5.74, 6) is 0.374. The number of nitrogens with one attached hydrogen (secondary N) is 1. The lowest BCUT2D eigenvalue weighted by atomic mass is 10.1. The van der Waals surface area contributed by atoms with Crippen molar-refractivity contribution in [1.82, 2.24) is 10.2 Å². The van der Waals surface area contributed by atoms with Gasteiger partial charge in [0.15, 0.2) is 0 Å². The Morgan fingerprint density at radius 3 is 1.91 bits per heavy atom. The van der Waals surface area contributed by atoms with E-state index in [9.17, 15) is 18.0 Å². The summed E-state index contributed by atoms with van der Waals surface area (Å²) in [4.78, 5) is 28.8. The van der Waals surface area contributed by atoms with Crippen molar-refractivity contribution in [2.75, 3.05) is 17.4 Å². The van der Waals surface area contributed by atoms with E-state index in [-0.39, 0.29) is 17.3 Å². The topological polar surface area (TPSA) is 96.0 Å². The van der Waals surface area contributed by atoms with Crippen LogP contribution in [0.2, 0.25) is 0 Å². The molecule has 9 heteroatoms. The number of hydrogen-bond donors (Lipinski definition) is 1. The third kappa shape index (κ3) is 8.05. The number of sulfonamides is 1. The smallest absolute Gasteiger partial charge is 0.264 e. The molecule has 4 rings (SSSR count). The van der Waals surface area contributed by atoms with Crippen molar-refractivity contribution < 1.29 is 22.7 Å². The molecule has 0 heterocycles. The number of nitrogens with zero attached hydrogens (tertiary/aromatic N) is 2. The molecule has 0 aliphatic carbocycles. The summed E-state index contributed by atoms with van der Waals surface area (Å²) in [6.07, 6.45) is 0.361. The average Bonchev–Trinajstić information content (AvgIpc) is 3.02. The number of rotatable bonds is 13. The minimum Gasteiger partial charge on any atom is -0.457 e. The second kappa shape index (κ2) is 14.7. The van der Waals surface area contributed by atoms with Gasteiger partial charge in [-0.3, -0.25) is 13.9 Å². The van der Waals surface area contributed by atoms with Crippen LogP contribution in [0.4, 0.5) is 5.69 Å². The largest absolute Gasteiger partial charge is 0.457 e. The quantitative estimate of drug-likeness (QED) is 0.193. The van der Waals surface area contributed by atoms with E-state index < -0.39 is 28.5 Å². The molecule has 1 N–H and O–H groups in total. The second-order valence-electron chi connectivity index (χ2n) is 10.6. The molecule has 8 nitrogen and oxygen atoms in total. The molecule has 4 aromatic rings. The second-order valence-corrected chi connectivity index (χ2v) is 12.4. The number of hydrogen-bond acceptors (Lipinski definition) is 5. The van der Waals surface area contributed by atoms with Crippen LogP contribution in [0.25, 0.3) is 0 Å². The molecule has 0 saturated heterocycles. The van der Waals surface area contributed by atoms with Crippen molar-refractivity contribution >= 4 is 27.5 Å². The fourth-order valence-corrected chi connectivity index (χ4v) is 6.19. The standard InChI is InChI=1S/C35H39N3O5S/c1-5-33(35(40)36-6-2)37(24-28-16-12-26(3)13-17-28)34(39)25-38(44(41,42)32-22-14-27(4)15-23-32)29-18-20-31(21-19-29)43-30-10-8-7-9-11-30/h7-23,33H,5-6,24-25H2,1-4H3,(H,36,40)/t33-/m0/s1. The van der Waals surface area contributed by atoms with Crippen LogP contribution in [-0.2, 0) is 26.2 Å². The molecule has 0 unspecified atom stereocenters. The summed E-state index contributed by atoms with van der Waals surface area (Å²) >= 11 is 0. The van der Waals surface area contributed by atoms with Gasteiger partial charge in [0.25, 0.3) is 10.0 Å². The van der Waals surface area contributed by atoms with E-state index in [1.165, 1.54) is 17.0 Å². The van der Waals surface area contributed by atoms with Crippen molar-refractivity contribution in [2.45, 2.75) is 51.6 Å². The van der Waals surface area contributed by atoms with Gasteiger partial charge < -0.3 is 15.0 Å². The molecular formula is C35H39N3O5S. The number of aryl methyl sites for hydroxylation is 2. The number of anilines is 1. The minimum absolute atomic E-state index is 0.0568. The Bertz CT molecular complexity index is 1640. The highest BCUT2D eigenvalue weighted by molar-refractivity contribution is 7.92. The number of amides is 2. The first-order valence-electron chi connectivity index (χ1n) is 14.7. The summed E-state index contributed by atoms with van der Waals surface area (Å²) in [7, 11) is -4.17. The lowest BCUT2D eigenvalue weighted by Crippen LogP contribution is -2.52. The Balaban J connectivity index is 1.72. The summed E-state index contributed by atoms with van der Waals surface area (Å²) in [6.45, 7) is 7.55. The Morgan fingerprint density at radius 2 is 1.34 bits per heavy atom. The average molecular weight is 614 g/mol. The number of benzene rings is 4. The summed E-state index contributed by atoms with van der Waals surface area (Å²) in [5, 5.41) is 2.82. The van der Waals surface area contributed by atoms with Crippen LogP contribution >= 0.6 is 0 Å². The molecule has 4 aromatic carbocycles. The van der Waals surface area contributed by atoms with E-state index in [1.807, 2.05) is 82.3 Å². The molecule has 1 atom stereocenters. The zero-order valence-corrected chi connectivity index (χ0v) is 26.4. The first kappa shape index (κ1) is 32.3. The summed E-state index contributed by atoms with van der Waals surface area (Å²) in [5.41, 5.74) is 3.10. The molecule has 0 aliphatic heterocycles. The van der Waals surface area contributed by atoms with Gasteiger partial charge in [-0.05, 0) is 81.3 Å². The molecular weight excluding hydrogens is 574 g/mol. The zero-order chi connectivity index (χ0) is 31.7. The van der Waals surface area contributed by atoms with Crippen LogP contribution in [0, 0.1) is 13.8 Å². The molecule has 0 fully saturated rings. The molecule has 0 radical (unpaired) electrons. The van der Waals surface area contributed by atoms with E-state index in [0.717, 1.165) is 21.0 Å². The highest BCUT2D eigenvalue weighted by Crippen LogP contribution is 2.29. The molecule has 230 valence electrons. The van der Waals surface area contributed by atoms with Crippen molar-refractivity contribution in [1.29, 1.82) is 0 Å². The van der Waals surface area contributed by atoms with E-state index >= 15 is 0 Å². The van der Waals surface area contributed by atoms with Crippen molar-refractivity contribution in [3.8, 4) is 11.5 Å². The maximum Gasteiger partial charge on any atom is 0.264 e. The van der Waals surface area contributed by atoms with E-state index in [0.29, 0.717) is 30.2 Å². The summed E-state index contributed by atoms with van der Waals surface area (Å²) < 4.78 is 35.2. The number of para-hydroxylation sites is 1. The van der Waals surface area contributed by atoms with Crippen LogP contribution in [-0.4, -0.2) is 44.3 Å². The van der Waals surface area contributed by atoms with Crippen LogP contribution in [0.5, 0.6) is 11.5 Å². The van der Waals surface area contributed by atoms with Gasteiger partial charge in [-0.15, -0.1) is 0 Å². The molecule has 2 amide bonds. The van der Waals surface area contributed by atoms with Gasteiger partial charge in [0.2, 0.25) is 11.8 Å². The highest BCUT2D eigenvalue weighted by atomic mass is 32.2. The van der Waals surface area contributed by atoms with E-state index in [1.54, 1.807) is 36.4 Å². The van der Waals surface area contributed by atoms with Gasteiger partial charge >= 0.3 is 0 Å². The maximum atomic E-state index is 14.2. The Hall–Kier alpha value is -4.63. The molecule has 0 aromatic heterocycles. The Kier molecular flexibility index (Phi) is 10.8. The Morgan fingerprint density at radius 1 is 0.773 bits per heavy atom. The first-order valence-corrected chi connectivity index (χ1v) is 16.1. The number of ether oxygens (including phenoxy) is 1. The minimum atomic E-state index is -4.17.